The highest BCUT2D eigenvalue weighted by atomic mass is 28.3. The summed E-state index contributed by atoms with van der Waals surface area (Å²) in [6.07, 6.45) is 0.812. The average Bonchev–Trinajstić information content (AvgIpc) is 3.08. The Morgan fingerprint density at radius 1 is 1.41 bits per heavy atom. The summed E-state index contributed by atoms with van der Waals surface area (Å²) >= 11 is 0. The normalized spacial score (nSPS) is 34.5. The number of aliphatic hydroxyl groups is 1. The standard InChI is InChI=1S/C13H22O3Si/c1-9(13-8-15-13)10(14)7-12-11(16-12)5-6-17(2,3)4/h9-14H,7-8H2,1-4H3/t9-,10-,11+,12-,13-/m1/s1. The monoisotopic (exact) mass is 254 g/mol. The SMILES string of the molecule is C[C@H]([C@H](O)C[C@H]1O[C@H]1C#C[Si](C)(C)C)[C@H]1CO1. The highest BCUT2D eigenvalue weighted by Crippen LogP contribution is 2.31. The van der Waals surface area contributed by atoms with Crippen molar-refractivity contribution >= 4 is 8.07 Å². The number of ether oxygens (including phenoxy) is 2. The van der Waals surface area contributed by atoms with E-state index in [0.717, 1.165) is 6.61 Å². The summed E-state index contributed by atoms with van der Waals surface area (Å²) in [5.41, 5.74) is 3.31. The van der Waals surface area contributed by atoms with E-state index < -0.39 is 8.07 Å². The first-order chi connectivity index (χ1) is 7.87. The van der Waals surface area contributed by atoms with Crippen LogP contribution in [0.15, 0.2) is 0 Å². The van der Waals surface area contributed by atoms with Gasteiger partial charge in [-0.2, -0.15) is 0 Å². The Hall–Kier alpha value is -0.343. The second kappa shape index (κ2) is 4.73. The molecule has 17 heavy (non-hydrogen) atoms. The molecule has 0 aromatic rings. The lowest BCUT2D eigenvalue weighted by Crippen LogP contribution is -2.24. The van der Waals surface area contributed by atoms with Crippen LogP contribution in [0.3, 0.4) is 0 Å². The van der Waals surface area contributed by atoms with Gasteiger partial charge in [-0.1, -0.05) is 32.5 Å². The van der Waals surface area contributed by atoms with Gasteiger partial charge in [0, 0.05) is 12.3 Å². The molecule has 0 bridgehead atoms. The maximum Gasteiger partial charge on any atom is 0.144 e. The topological polar surface area (TPSA) is 45.3 Å². The molecule has 2 aliphatic heterocycles. The molecule has 0 aromatic carbocycles. The van der Waals surface area contributed by atoms with Crippen molar-refractivity contribution in [3.8, 4) is 11.5 Å². The molecule has 2 saturated heterocycles. The van der Waals surface area contributed by atoms with Crippen molar-refractivity contribution in [1.82, 2.24) is 0 Å². The number of epoxide rings is 2. The van der Waals surface area contributed by atoms with Gasteiger partial charge in [0.15, 0.2) is 0 Å². The van der Waals surface area contributed by atoms with Crippen LogP contribution in [0, 0.1) is 17.4 Å². The van der Waals surface area contributed by atoms with E-state index in [-0.39, 0.29) is 30.3 Å². The molecule has 0 radical (unpaired) electrons. The van der Waals surface area contributed by atoms with Crippen LogP contribution < -0.4 is 0 Å². The highest BCUT2D eigenvalue weighted by Gasteiger charge is 2.42. The Kier molecular flexibility index (Phi) is 3.65. The Morgan fingerprint density at radius 3 is 2.59 bits per heavy atom. The van der Waals surface area contributed by atoms with Crippen molar-refractivity contribution in [1.29, 1.82) is 0 Å². The van der Waals surface area contributed by atoms with Crippen LogP contribution >= 0.6 is 0 Å². The van der Waals surface area contributed by atoms with Gasteiger partial charge in [0.05, 0.1) is 24.9 Å². The maximum absolute atomic E-state index is 9.98. The maximum atomic E-state index is 9.98. The van der Waals surface area contributed by atoms with E-state index in [9.17, 15) is 5.11 Å². The molecule has 2 heterocycles. The molecule has 3 nitrogen and oxygen atoms in total. The fourth-order valence-corrected chi connectivity index (χ4v) is 2.37. The van der Waals surface area contributed by atoms with Gasteiger partial charge in [-0.15, -0.1) is 5.54 Å². The van der Waals surface area contributed by atoms with Crippen molar-refractivity contribution < 1.29 is 14.6 Å². The third kappa shape index (κ3) is 4.11. The first-order valence-electron chi connectivity index (χ1n) is 6.34. The van der Waals surface area contributed by atoms with Gasteiger partial charge < -0.3 is 14.6 Å². The van der Waals surface area contributed by atoms with Crippen LogP contribution in [0.4, 0.5) is 0 Å². The zero-order chi connectivity index (χ0) is 12.6. The molecule has 0 saturated carbocycles. The molecule has 1 N–H and O–H groups in total. The predicted octanol–water partition coefficient (Wildman–Crippen LogP) is 1.42. The highest BCUT2D eigenvalue weighted by molar-refractivity contribution is 6.83. The molecule has 0 aliphatic carbocycles. The lowest BCUT2D eigenvalue weighted by atomic mass is 9.97. The van der Waals surface area contributed by atoms with E-state index in [4.69, 9.17) is 9.47 Å². The third-order valence-corrected chi connectivity index (χ3v) is 4.09. The molecule has 0 spiro atoms. The Morgan fingerprint density at radius 2 is 2.06 bits per heavy atom. The molecular formula is C13H22O3Si. The van der Waals surface area contributed by atoms with Crippen LogP contribution in [0.1, 0.15) is 13.3 Å². The minimum Gasteiger partial charge on any atom is -0.393 e. The number of aliphatic hydroxyl groups excluding tert-OH is 1. The van der Waals surface area contributed by atoms with Crippen molar-refractivity contribution in [2.45, 2.75) is 57.4 Å². The average molecular weight is 254 g/mol. The van der Waals surface area contributed by atoms with E-state index in [1.165, 1.54) is 0 Å². The van der Waals surface area contributed by atoms with Gasteiger partial charge >= 0.3 is 0 Å². The van der Waals surface area contributed by atoms with Crippen LogP contribution in [0.25, 0.3) is 0 Å². The minimum atomic E-state index is -1.30. The van der Waals surface area contributed by atoms with Gasteiger partial charge in [-0.3, -0.25) is 0 Å². The largest absolute Gasteiger partial charge is 0.393 e. The van der Waals surface area contributed by atoms with Gasteiger partial charge in [0.2, 0.25) is 0 Å². The molecular weight excluding hydrogens is 232 g/mol. The molecule has 0 aromatic heterocycles. The van der Waals surface area contributed by atoms with Gasteiger partial charge in [0.25, 0.3) is 0 Å². The van der Waals surface area contributed by atoms with Crippen LogP contribution in [0.5, 0.6) is 0 Å². The molecule has 0 amide bonds. The number of hydrogen-bond acceptors (Lipinski definition) is 3. The first kappa shape index (κ1) is 13.1. The van der Waals surface area contributed by atoms with Crippen molar-refractivity contribution in [2.24, 2.45) is 5.92 Å². The zero-order valence-electron chi connectivity index (χ0n) is 11.1. The van der Waals surface area contributed by atoms with Crippen molar-refractivity contribution in [3.05, 3.63) is 0 Å². The van der Waals surface area contributed by atoms with Crippen LogP contribution in [-0.4, -0.2) is 44.2 Å². The van der Waals surface area contributed by atoms with E-state index >= 15 is 0 Å². The molecule has 2 aliphatic rings. The van der Waals surface area contributed by atoms with Crippen molar-refractivity contribution in [3.63, 3.8) is 0 Å². The zero-order valence-corrected chi connectivity index (χ0v) is 12.1. The molecule has 4 heteroatoms. The summed E-state index contributed by atoms with van der Waals surface area (Å²) in [4.78, 5) is 0. The van der Waals surface area contributed by atoms with E-state index in [1.807, 2.05) is 6.92 Å². The molecule has 0 unspecified atom stereocenters. The van der Waals surface area contributed by atoms with Crippen LogP contribution in [0.2, 0.25) is 19.6 Å². The van der Waals surface area contributed by atoms with E-state index in [1.54, 1.807) is 0 Å². The van der Waals surface area contributed by atoms with Gasteiger partial charge in [-0.05, 0) is 0 Å². The van der Waals surface area contributed by atoms with Gasteiger partial charge in [-0.25, -0.2) is 0 Å². The van der Waals surface area contributed by atoms with E-state index in [2.05, 4.69) is 31.1 Å². The fraction of sp³-hybridized carbons (Fsp3) is 0.846. The second-order valence-corrected chi connectivity index (χ2v) is 10.9. The Labute approximate surface area is 105 Å². The summed E-state index contributed by atoms with van der Waals surface area (Å²) in [6.45, 7) is 9.49. The first-order valence-corrected chi connectivity index (χ1v) is 9.84. The summed E-state index contributed by atoms with van der Waals surface area (Å²) < 4.78 is 10.7. The minimum absolute atomic E-state index is 0.0590. The molecule has 5 atom stereocenters. The van der Waals surface area contributed by atoms with E-state index in [0.29, 0.717) is 6.42 Å². The summed E-state index contributed by atoms with van der Waals surface area (Å²) in [7, 11) is -1.30. The summed E-state index contributed by atoms with van der Waals surface area (Å²) in [5.74, 6) is 3.40. The lowest BCUT2D eigenvalue weighted by molar-refractivity contribution is 0.0830. The second-order valence-electron chi connectivity index (χ2n) is 6.15. The van der Waals surface area contributed by atoms with Crippen LogP contribution in [-0.2, 0) is 9.47 Å². The van der Waals surface area contributed by atoms with Gasteiger partial charge in [0.1, 0.15) is 14.2 Å². The quantitative estimate of drug-likeness (QED) is 0.469. The number of hydrogen-bond donors (Lipinski definition) is 1. The smallest absolute Gasteiger partial charge is 0.144 e. The fourth-order valence-electron chi connectivity index (χ4n) is 1.80. The summed E-state index contributed by atoms with van der Waals surface area (Å²) in [6, 6.07) is 0. The molecule has 2 fully saturated rings. The molecule has 96 valence electrons. The third-order valence-electron chi connectivity index (χ3n) is 3.20. The lowest BCUT2D eigenvalue weighted by Gasteiger charge is -2.15. The predicted molar refractivity (Wildman–Crippen MR) is 69.3 cm³/mol. The Bertz CT molecular complexity index is 335. The number of rotatable bonds is 4. The van der Waals surface area contributed by atoms with Crippen molar-refractivity contribution in [2.75, 3.05) is 6.61 Å². The summed E-state index contributed by atoms with van der Waals surface area (Å²) in [5, 5.41) is 9.98. The molecule has 2 rings (SSSR count). The Balaban J connectivity index is 1.73.